The summed E-state index contributed by atoms with van der Waals surface area (Å²) in [6.45, 7) is 3.04. The van der Waals surface area contributed by atoms with Crippen LogP contribution in [0.5, 0.6) is 0 Å². The van der Waals surface area contributed by atoms with Crippen molar-refractivity contribution in [1.29, 1.82) is 0 Å². The Morgan fingerprint density at radius 3 is 2.53 bits per heavy atom. The lowest BCUT2D eigenvalue weighted by Crippen LogP contribution is -2.57. The van der Waals surface area contributed by atoms with Crippen LogP contribution in [0.4, 0.5) is 11.4 Å². The van der Waals surface area contributed by atoms with Crippen molar-refractivity contribution < 1.29 is 36.4 Å². The number of amidine groups is 1. The monoisotopic (exact) mass is 562 g/mol. The van der Waals surface area contributed by atoms with Crippen LogP contribution in [0, 0.1) is 0 Å². The SMILES string of the molecule is CCCC1(N(OC)C(C)=O)C(=O)C(C2=NS(=O)(=O)c3cc(NS(C)(=O)=O)ccc3N2)=C(O)c2ccccc21. The molecular weight excluding hydrogens is 536 g/mol. The smallest absolute Gasteiger partial charge is 0.286 e. The number of ketones is 1. The van der Waals surface area contributed by atoms with Crippen LogP contribution in [0.3, 0.4) is 0 Å². The van der Waals surface area contributed by atoms with Crippen LogP contribution < -0.4 is 10.0 Å². The second kappa shape index (κ2) is 9.53. The van der Waals surface area contributed by atoms with E-state index in [4.69, 9.17) is 4.84 Å². The van der Waals surface area contributed by atoms with E-state index in [0.717, 1.165) is 17.4 Å². The fourth-order valence-electron chi connectivity index (χ4n) is 4.85. The van der Waals surface area contributed by atoms with Crippen LogP contribution in [0.2, 0.25) is 0 Å². The summed E-state index contributed by atoms with van der Waals surface area (Å²) >= 11 is 0. The zero-order chi connectivity index (χ0) is 28.0. The first kappa shape index (κ1) is 27.3. The summed E-state index contributed by atoms with van der Waals surface area (Å²) in [5.41, 5.74) is -1.62. The predicted molar refractivity (Wildman–Crippen MR) is 140 cm³/mol. The summed E-state index contributed by atoms with van der Waals surface area (Å²) in [5, 5.41) is 15.0. The summed E-state index contributed by atoms with van der Waals surface area (Å²) in [4.78, 5) is 32.0. The number of sulfonamides is 2. The van der Waals surface area contributed by atoms with Crippen LogP contribution in [0.1, 0.15) is 37.8 Å². The van der Waals surface area contributed by atoms with Gasteiger partial charge >= 0.3 is 0 Å². The molecule has 2 aliphatic rings. The zero-order valence-corrected chi connectivity index (χ0v) is 22.6. The van der Waals surface area contributed by atoms with Crippen LogP contribution in [0.15, 0.2) is 57.3 Å². The van der Waals surface area contributed by atoms with Gasteiger partial charge < -0.3 is 10.4 Å². The number of hydrogen-bond donors (Lipinski definition) is 3. The van der Waals surface area contributed by atoms with Gasteiger partial charge in [0.25, 0.3) is 10.0 Å². The van der Waals surface area contributed by atoms with Crippen LogP contribution in [-0.4, -0.2) is 57.9 Å². The summed E-state index contributed by atoms with van der Waals surface area (Å²) in [7, 11) is -6.89. The number of benzene rings is 2. The molecule has 1 amide bonds. The van der Waals surface area contributed by atoms with E-state index < -0.39 is 54.4 Å². The largest absolute Gasteiger partial charge is 0.506 e. The number of aliphatic hydroxyl groups excluding tert-OH is 1. The molecule has 0 saturated heterocycles. The van der Waals surface area contributed by atoms with E-state index in [1.165, 1.54) is 26.2 Å². The van der Waals surface area contributed by atoms with Gasteiger partial charge in [-0.1, -0.05) is 37.6 Å². The van der Waals surface area contributed by atoms with Crippen molar-refractivity contribution in [2.24, 2.45) is 4.40 Å². The van der Waals surface area contributed by atoms with E-state index in [9.17, 15) is 31.5 Å². The van der Waals surface area contributed by atoms with Gasteiger partial charge in [-0.25, -0.2) is 13.5 Å². The highest BCUT2D eigenvalue weighted by molar-refractivity contribution is 7.92. The first-order valence-corrected chi connectivity index (χ1v) is 14.8. The van der Waals surface area contributed by atoms with Gasteiger partial charge in [-0.2, -0.15) is 8.42 Å². The zero-order valence-electron chi connectivity index (χ0n) is 21.0. The number of fused-ring (bicyclic) bond motifs is 2. The molecule has 1 atom stereocenters. The van der Waals surface area contributed by atoms with Crippen molar-refractivity contribution in [2.45, 2.75) is 37.1 Å². The highest BCUT2D eigenvalue weighted by Crippen LogP contribution is 2.46. The van der Waals surface area contributed by atoms with Gasteiger partial charge in [-0.3, -0.25) is 19.1 Å². The van der Waals surface area contributed by atoms with Gasteiger partial charge in [0.1, 0.15) is 16.2 Å². The molecule has 2 aromatic carbocycles. The van der Waals surface area contributed by atoms with Gasteiger partial charge in [0, 0.05) is 18.2 Å². The number of carbonyl (C=O) groups is 2. The number of hydrogen-bond acceptors (Lipinski definition) is 9. The number of anilines is 2. The Bertz CT molecular complexity index is 1630. The fourth-order valence-corrected chi connectivity index (χ4v) is 6.56. The molecule has 4 rings (SSSR count). The van der Waals surface area contributed by atoms with Crippen molar-refractivity contribution >= 4 is 54.7 Å². The molecule has 12 nitrogen and oxygen atoms in total. The van der Waals surface area contributed by atoms with E-state index in [-0.39, 0.29) is 28.3 Å². The topological polar surface area (TPSA) is 172 Å². The Morgan fingerprint density at radius 2 is 1.92 bits per heavy atom. The molecule has 14 heteroatoms. The molecule has 1 aliphatic heterocycles. The maximum atomic E-state index is 14.3. The normalized spacial score (nSPS) is 20.1. The predicted octanol–water partition coefficient (Wildman–Crippen LogP) is 2.53. The van der Waals surface area contributed by atoms with Gasteiger partial charge in [0.05, 0.1) is 19.1 Å². The minimum atomic E-state index is -4.45. The molecule has 0 aromatic heterocycles. The van der Waals surface area contributed by atoms with E-state index >= 15 is 0 Å². The second-order valence-electron chi connectivity index (χ2n) is 8.83. The van der Waals surface area contributed by atoms with Crippen molar-refractivity contribution in [2.75, 3.05) is 23.4 Å². The summed E-state index contributed by atoms with van der Waals surface area (Å²) in [6.07, 6.45) is 1.45. The number of nitrogens with one attached hydrogen (secondary N) is 2. The summed E-state index contributed by atoms with van der Waals surface area (Å²) in [6, 6.07) is 10.2. The number of nitrogens with zero attached hydrogens (tertiary/aromatic N) is 2. The third-order valence-corrected chi connectivity index (χ3v) is 8.08. The maximum Gasteiger partial charge on any atom is 0.286 e. The Balaban J connectivity index is 1.94. The number of Topliss-reactive ketones (excluding diaryl/α,β-unsaturated/α-hetero) is 1. The van der Waals surface area contributed by atoms with Crippen molar-refractivity contribution in [3.63, 3.8) is 0 Å². The first-order chi connectivity index (χ1) is 17.8. The van der Waals surface area contributed by atoms with Gasteiger partial charge in [-0.05, 0) is 30.2 Å². The number of carbonyl (C=O) groups excluding carboxylic acids is 2. The Kier molecular flexibility index (Phi) is 6.84. The van der Waals surface area contributed by atoms with E-state index in [1.54, 1.807) is 24.3 Å². The lowest BCUT2D eigenvalue weighted by Gasteiger charge is -2.44. The lowest BCUT2D eigenvalue weighted by atomic mass is 9.71. The second-order valence-corrected chi connectivity index (χ2v) is 12.2. The van der Waals surface area contributed by atoms with Crippen molar-refractivity contribution in [3.05, 3.63) is 59.2 Å². The minimum Gasteiger partial charge on any atom is -0.506 e. The first-order valence-electron chi connectivity index (χ1n) is 11.4. The molecule has 0 saturated carbocycles. The molecular formula is C24H26N4O8S2. The number of amides is 1. The van der Waals surface area contributed by atoms with Crippen LogP contribution >= 0.6 is 0 Å². The molecule has 38 heavy (non-hydrogen) atoms. The highest BCUT2D eigenvalue weighted by Gasteiger charge is 2.54. The Hall–Kier alpha value is -3.75. The molecule has 3 N–H and O–H groups in total. The molecule has 0 radical (unpaired) electrons. The van der Waals surface area contributed by atoms with Gasteiger partial charge in [-0.15, -0.1) is 4.40 Å². The molecule has 1 heterocycles. The lowest BCUT2D eigenvalue weighted by molar-refractivity contribution is -0.211. The summed E-state index contributed by atoms with van der Waals surface area (Å²) < 4.78 is 55.5. The fraction of sp³-hybridized carbons (Fsp3) is 0.292. The minimum absolute atomic E-state index is 0.000773. The van der Waals surface area contributed by atoms with Gasteiger partial charge in [0.2, 0.25) is 21.7 Å². The number of hydroxylamine groups is 2. The number of rotatable bonds is 7. The Morgan fingerprint density at radius 1 is 1.24 bits per heavy atom. The molecule has 1 aliphatic carbocycles. The molecule has 1 unspecified atom stereocenters. The third kappa shape index (κ3) is 4.44. The average molecular weight is 563 g/mol. The van der Waals surface area contributed by atoms with Crippen molar-refractivity contribution in [3.8, 4) is 0 Å². The molecule has 0 bridgehead atoms. The van der Waals surface area contributed by atoms with E-state index in [2.05, 4.69) is 14.4 Å². The Labute approximate surface area is 220 Å². The highest BCUT2D eigenvalue weighted by atomic mass is 32.2. The van der Waals surface area contributed by atoms with Crippen molar-refractivity contribution in [1.82, 2.24) is 5.06 Å². The maximum absolute atomic E-state index is 14.3. The molecule has 202 valence electrons. The van der Waals surface area contributed by atoms with E-state index in [1.807, 2.05) is 6.92 Å². The standard InChI is InChI=1S/C24H26N4O8S2/c1-5-12-24(28(36-3)14(2)29)17-9-7-6-8-16(17)21(30)20(22(24)31)23-25-18-11-10-15(26-37(4,32)33)13-19(18)38(34,35)27-23/h6-11,13,26,30H,5,12H2,1-4H3,(H,25,27). The summed E-state index contributed by atoms with van der Waals surface area (Å²) in [5.74, 6) is -2.32. The molecule has 0 fully saturated rings. The van der Waals surface area contributed by atoms with E-state index in [0.29, 0.717) is 12.0 Å². The molecule has 0 spiro atoms. The number of aliphatic hydroxyl groups is 1. The molecule has 2 aromatic rings. The quantitative estimate of drug-likeness (QED) is 0.429. The third-order valence-electron chi connectivity index (χ3n) is 6.16. The van der Waals surface area contributed by atoms with Gasteiger partial charge in [0.15, 0.2) is 11.4 Å². The average Bonchev–Trinajstić information content (AvgIpc) is 2.82. The van der Waals surface area contributed by atoms with Crippen LogP contribution in [-0.2, 0) is 40.0 Å². The van der Waals surface area contributed by atoms with Crippen LogP contribution in [0.25, 0.3) is 5.76 Å².